The molecule has 20 heavy (non-hydrogen) atoms. The fourth-order valence-electron chi connectivity index (χ4n) is 2.00. The smallest absolute Gasteiger partial charge is 0.282 e. The molecular weight excluding hydrogens is 419 g/mol. The first-order valence-electron chi connectivity index (χ1n) is 5.23. The molecule has 2 rings (SSSR count). The van der Waals surface area contributed by atoms with Crippen LogP contribution >= 0.6 is 23.0 Å². The zero-order chi connectivity index (χ0) is 15.1. The summed E-state index contributed by atoms with van der Waals surface area (Å²) in [4.78, 5) is -0.463. The predicted molar refractivity (Wildman–Crippen MR) is 80.8 cm³/mol. The lowest BCUT2D eigenvalue weighted by Gasteiger charge is -2.10. The second-order valence-electron chi connectivity index (χ2n) is 4.06. The maximum atomic E-state index is 11.8. The van der Waals surface area contributed by atoms with Gasteiger partial charge in [-0.2, -0.15) is 19.3 Å². The molecule has 0 saturated carbocycles. The summed E-state index contributed by atoms with van der Waals surface area (Å²) in [7, 11) is -8.46. The van der Waals surface area contributed by atoms with Gasteiger partial charge in [0.25, 0.3) is 10.1 Å². The molecule has 0 saturated heterocycles. The van der Waals surface area contributed by atoms with Crippen LogP contribution in [-0.4, -0.2) is 21.4 Å². The fraction of sp³-hybridized carbons (Fsp3) is 0.0909. The molecule has 0 unspecified atom stereocenters. The van der Waals surface area contributed by atoms with E-state index in [1.807, 2.05) is 0 Å². The Morgan fingerprint density at radius 3 is 2.25 bits per heavy atom. The van der Waals surface area contributed by atoms with Crippen LogP contribution in [0.3, 0.4) is 0 Å². The third kappa shape index (κ3) is 2.68. The summed E-state index contributed by atoms with van der Waals surface area (Å²) in [6.45, 7) is 1.51. The second kappa shape index (κ2) is 5.22. The quantitative estimate of drug-likeness (QED) is 0.596. The lowest BCUT2D eigenvalue weighted by atomic mass is 10.1. The Bertz CT molecular complexity index is 887. The number of benzene rings is 2. The number of fused-ring (bicyclic) bond motifs is 1. The van der Waals surface area contributed by atoms with Gasteiger partial charge in [-0.3, -0.25) is 4.55 Å². The third-order valence-corrected chi connectivity index (χ3v) is 6.32. The summed E-state index contributed by atoms with van der Waals surface area (Å²) in [5.41, 5.74) is 0.324. The van der Waals surface area contributed by atoms with E-state index < -0.39 is 20.2 Å². The highest BCUT2D eigenvalue weighted by Crippen LogP contribution is 2.31. The van der Waals surface area contributed by atoms with E-state index in [0.717, 1.165) is 0 Å². The van der Waals surface area contributed by atoms with Crippen LogP contribution in [0.1, 0.15) is 5.56 Å². The number of rotatable bonds is 3. The molecule has 9 heteroatoms. The number of aryl methyl sites for hydroxylation is 1. The van der Waals surface area contributed by atoms with Crippen molar-refractivity contribution in [1.82, 2.24) is 0 Å². The minimum absolute atomic E-state index is 0.127. The first kappa shape index (κ1) is 15.6. The summed E-state index contributed by atoms with van der Waals surface area (Å²) in [5, 5.41) is 0.296. The molecule has 2 aromatic carbocycles. The van der Waals surface area contributed by atoms with Gasteiger partial charge < -0.3 is 0 Å². The van der Waals surface area contributed by atoms with Crippen molar-refractivity contribution in [3.63, 3.8) is 0 Å². The maximum Gasteiger partial charge on any atom is 0.306 e. The highest BCUT2D eigenvalue weighted by Gasteiger charge is 2.22. The average Bonchev–Trinajstić information content (AvgIpc) is 2.36. The van der Waals surface area contributed by atoms with Crippen molar-refractivity contribution >= 4 is 54.0 Å². The van der Waals surface area contributed by atoms with Crippen LogP contribution in [0, 0.1) is 6.92 Å². The van der Waals surface area contributed by atoms with Gasteiger partial charge in [0.05, 0.1) is 0 Å². The lowest BCUT2D eigenvalue weighted by Crippen LogP contribution is -2.05. The van der Waals surface area contributed by atoms with E-state index in [1.165, 1.54) is 60.3 Å². The first-order chi connectivity index (χ1) is 9.18. The van der Waals surface area contributed by atoms with Gasteiger partial charge in [0.1, 0.15) is 32.8 Å². The summed E-state index contributed by atoms with van der Waals surface area (Å²) >= 11 is 1.24. The van der Waals surface area contributed by atoms with Crippen LogP contribution in [-0.2, 0) is 22.7 Å². The van der Waals surface area contributed by atoms with Crippen molar-refractivity contribution in [2.24, 2.45) is 0 Å². The van der Waals surface area contributed by atoms with Gasteiger partial charge in [0.2, 0.25) is 0 Å². The molecule has 0 atom stereocenters. The molecule has 6 nitrogen and oxygen atoms in total. The molecule has 0 heterocycles. The van der Waals surface area contributed by atoms with Crippen molar-refractivity contribution < 1.29 is 23.9 Å². The Morgan fingerprint density at radius 2 is 1.70 bits per heavy atom. The molecule has 1 N–H and O–H groups in total. The molecule has 0 spiro atoms. The van der Waals surface area contributed by atoms with Crippen molar-refractivity contribution in [1.29, 1.82) is 0 Å². The Labute approximate surface area is 130 Å². The zero-order valence-corrected chi connectivity index (χ0v) is 13.9. The summed E-state index contributed by atoms with van der Waals surface area (Å²) in [5.74, 6) is 0. The van der Waals surface area contributed by atoms with Gasteiger partial charge in [-0.05, 0) is 18.6 Å². The van der Waals surface area contributed by atoms with E-state index in [0.29, 0.717) is 5.56 Å². The zero-order valence-electron chi connectivity index (χ0n) is 10.1. The Hall–Kier alpha value is -0.750. The van der Waals surface area contributed by atoms with E-state index >= 15 is 0 Å². The first-order valence-corrected chi connectivity index (χ1v) is 8.96. The monoisotopic (exact) mass is 428 g/mol. The molecule has 0 amide bonds. The van der Waals surface area contributed by atoms with E-state index in [-0.39, 0.29) is 20.6 Å². The average molecular weight is 428 g/mol. The molecule has 0 fully saturated rings. The van der Waals surface area contributed by atoms with Gasteiger partial charge in [-0.15, -0.1) is 0 Å². The van der Waals surface area contributed by atoms with Gasteiger partial charge in [0.15, 0.2) is 0 Å². The molecule has 2 aromatic rings. The number of halogens is 1. The highest BCUT2D eigenvalue weighted by molar-refractivity contribution is 14.1. The topological polar surface area (TPSA) is 97.7 Å². The van der Waals surface area contributed by atoms with Crippen LogP contribution < -0.4 is 0 Å². The minimum atomic E-state index is -4.47. The van der Waals surface area contributed by atoms with Crippen LogP contribution in [0.4, 0.5) is 0 Å². The van der Waals surface area contributed by atoms with Crippen LogP contribution in [0.2, 0.25) is 0 Å². The predicted octanol–water partition coefficient (Wildman–Crippen LogP) is 2.45. The number of hydrogen-bond acceptors (Lipinski definition) is 5. The Morgan fingerprint density at radius 1 is 1.05 bits per heavy atom. The second-order valence-corrected chi connectivity index (χ2v) is 7.97. The van der Waals surface area contributed by atoms with Gasteiger partial charge in [-0.1, -0.05) is 24.3 Å². The fourth-order valence-corrected chi connectivity index (χ4v) is 4.28. The summed E-state index contributed by atoms with van der Waals surface area (Å²) in [6, 6.07) is 7.02. The minimum Gasteiger partial charge on any atom is -0.282 e. The molecule has 0 bridgehead atoms. The largest absolute Gasteiger partial charge is 0.306 e. The summed E-state index contributed by atoms with van der Waals surface area (Å²) in [6.07, 6.45) is 0. The Kier molecular flexibility index (Phi) is 4.08. The molecule has 0 aliphatic heterocycles. The normalized spacial score (nSPS) is 12.8. The van der Waals surface area contributed by atoms with Gasteiger partial charge in [0, 0.05) is 10.8 Å². The van der Waals surface area contributed by atoms with E-state index in [4.69, 9.17) is 0 Å². The van der Waals surface area contributed by atoms with Crippen molar-refractivity contribution in [3.05, 3.63) is 35.9 Å². The van der Waals surface area contributed by atoms with Crippen LogP contribution in [0.5, 0.6) is 0 Å². The van der Waals surface area contributed by atoms with Gasteiger partial charge in [-0.25, -0.2) is 0 Å². The number of hydrogen-bond donors (Lipinski definition) is 1. The van der Waals surface area contributed by atoms with Gasteiger partial charge >= 0.3 is 10.1 Å². The molecular formula is C11H9IO6S2. The van der Waals surface area contributed by atoms with Crippen molar-refractivity contribution in [2.75, 3.05) is 0 Å². The molecule has 0 radical (unpaired) electrons. The van der Waals surface area contributed by atoms with E-state index in [2.05, 4.69) is 2.51 Å². The molecule has 0 aliphatic rings. The molecule has 0 aliphatic carbocycles. The molecule has 0 aromatic heterocycles. The third-order valence-electron chi connectivity index (χ3n) is 2.78. The van der Waals surface area contributed by atoms with E-state index in [9.17, 15) is 21.4 Å². The standard InChI is InChI=1S/C11H9IO6S2/c1-7-5-6-8-9(11(7)19(13,14)15)3-2-4-10(8)20(16,17)18-12/h2-6H,1H3,(H,13,14,15). The van der Waals surface area contributed by atoms with Crippen molar-refractivity contribution in [2.45, 2.75) is 16.7 Å². The molecule has 108 valence electrons. The highest BCUT2D eigenvalue weighted by atomic mass is 127. The van der Waals surface area contributed by atoms with Crippen LogP contribution in [0.25, 0.3) is 10.8 Å². The van der Waals surface area contributed by atoms with Crippen molar-refractivity contribution in [3.8, 4) is 0 Å². The SMILES string of the molecule is Cc1ccc2c(S(=O)(=O)OI)cccc2c1S(=O)(=O)O. The maximum absolute atomic E-state index is 11.8. The summed E-state index contributed by atoms with van der Waals surface area (Å²) < 4.78 is 60.3. The lowest BCUT2D eigenvalue weighted by molar-refractivity contribution is 0.483. The Balaban J connectivity index is 3.02. The van der Waals surface area contributed by atoms with E-state index in [1.54, 1.807) is 0 Å². The van der Waals surface area contributed by atoms with Crippen LogP contribution in [0.15, 0.2) is 40.1 Å².